The first-order valence-electron chi connectivity index (χ1n) is 9.31. The van der Waals surface area contributed by atoms with Crippen LogP contribution in [-0.4, -0.2) is 35.2 Å². The van der Waals surface area contributed by atoms with Gasteiger partial charge in [0.1, 0.15) is 17.8 Å². The van der Waals surface area contributed by atoms with Crippen LogP contribution in [-0.2, 0) is 20.4 Å². The highest BCUT2D eigenvalue weighted by molar-refractivity contribution is 5.71. The van der Waals surface area contributed by atoms with Gasteiger partial charge in [-0.1, -0.05) is 0 Å². The number of nitro benzene ring substituents is 1. The molecule has 29 heavy (non-hydrogen) atoms. The lowest BCUT2D eigenvalue weighted by Gasteiger charge is -2.30. The van der Waals surface area contributed by atoms with Gasteiger partial charge in [-0.25, -0.2) is 4.79 Å². The van der Waals surface area contributed by atoms with E-state index in [0.29, 0.717) is 25.7 Å². The van der Waals surface area contributed by atoms with Crippen molar-refractivity contribution in [3.63, 3.8) is 0 Å². The fraction of sp³-hybridized carbons (Fsp3) is 0.632. The van der Waals surface area contributed by atoms with E-state index in [2.05, 4.69) is 5.32 Å². The zero-order valence-corrected chi connectivity index (χ0v) is 16.5. The summed E-state index contributed by atoms with van der Waals surface area (Å²) in [7, 11) is 0. The molecule has 0 aliphatic heterocycles. The first-order valence-corrected chi connectivity index (χ1v) is 9.31. The molecular formula is C19H25F3N2O5. The number of ether oxygens (including phenoxy) is 2. The van der Waals surface area contributed by atoms with E-state index < -0.39 is 33.9 Å². The van der Waals surface area contributed by atoms with Crippen LogP contribution in [0.4, 0.5) is 24.5 Å². The van der Waals surface area contributed by atoms with Gasteiger partial charge in [-0.3, -0.25) is 10.1 Å². The molecule has 162 valence electrons. The van der Waals surface area contributed by atoms with E-state index in [1.54, 1.807) is 20.8 Å². The second-order valence-electron chi connectivity index (χ2n) is 8.00. The molecule has 0 aromatic heterocycles. The summed E-state index contributed by atoms with van der Waals surface area (Å²) >= 11 is 0. The number of hydrogen-bond acceptors (Lipinski definition) is 6. The van der Waals surface area contributed by atoms with Crippen molar-refractivity contribution in [2.24, 2.45) is 0 Å². The van der Waals surface area contributed by atoms with Crippen molar-refractivity contribution < 1.29 is 32.4 Å². The number of esters is 1. The summed E-state index contributed by atoms with van der Waals surface area (Å²) in [6.07, 6.45) is -2.38. The number of nitrogens with one attached hydrogen (secondary N) is 1. The predicted molar refractivity (Wildman–Crippen MR) is 99.6 cm³/mol. The van der Waals surface area contributed by atoms with Gasteiger partial charge in [0.15, 0.2) is 0 Å². The topological polar surface area (TPSA) is 90.7 Å². The summed E-state index contributed by atoms with van der Waals surface area (Å²) in [6.45, 7) is 5.16. The molecule has 0 saturated heterocycles. The van der Waals surface area contributed by atoms with Crippen molar-refractivity contribution in [3.05, 3.63) is 33.9 Å². The van der Waals surface area contributed by atoms with Crippen molar-refractivity contribution in [2.75, 3.05) is 11.9 Å². The van der Waals surface area contributed by atoms with Gasteiger partial charge >= 0.3 is 12.1 Å². The molecule has 0 radical (unpaired) electrons. The molecule has 2 rings (SSSR count). The van der Waals surface area contributed by atoms with Gasteiger partial charge in [-0.05, 0) is 58.6 Å². The Morgan fingerprint density at radius 2 is 1.83 bits per heavy atom. The first kappa shape index (κ1) is 22.9. The highest BCUT2D eigenvalue weighted by Crippen LogP contribution is 2.38. The van der Waals surface area contributed by atoms with Gasteiger partial charge in [0.05, 0.1) is 11.0 Å². The molecule has 1 aromatic carbocycles. The number of alkyl halides is 3. The van der Waals surface area contributed by atoms with Crippen LogP contribution in [0.25, 0.3) is 0 Å². The Morgan fingerprint density at radius 1 is 1.21 bits per heavy atom. The van der Waals surface area contributed by atoms with Crippen LogP contribution in [0, 0.1) is 10.1 Å². The van der Waals surface area contributed by atoms with Crippen LogP contribution in [0.15, 0.2) is 18.2 Å². The molecule has 1 aromatic rings. The van der Waals surface area contributed by atoms with Gasteiger partial charge in [0.2, 0.25) is 0 Å². The Balaban J connectivity index is 1.88. The lowest BCUT2D eigenvalue weighted by Crippen LogP contribution is -2.32. The van der Waals surface area contributed by atoms with Gasteiger partial charge in [-0.2, -0.15) is 13.2 Å². The van der Waals surface area contributed by atoms with E-state index in [0.717, 1.165) is 12.1 Å². The standard InChI is InChI=1S/C19H25F3N2O5/c1-18(2,3)29-17(25)11-28-14-7-4-12(5-8-14)23-13-6-9-16(24(26)27)15(10-13)19(20,21)22/h6,9-10,12,14,23H,4-5,7-8,11H2,1-3H3/t12-,14-. The third-order valence-corrected chi connectivity index (χ3v) is 4.40. The molecule has 0 unspecified atom stereocenters. The maximum absolute atomic E-state index is 13.1. The molecule has 1 fully saturated rings. The first-order chi connectivity index (χ1) is 13.3. The number of nitro groups is 1. The second kappa shape index (κ2) is 8.98. The summed E-state index contributed by atoms with van der Waals surface area (Å²) in [5.74, 6) is -0.441. The molecule has 1 aliphatic rings. The Labute approximate surface area is 166 Å². The zero-order valence-electron chi connectivity index (χ0n) is 16.5. The Kier molecular flexibility index (Phi) is 7.10. The average Bonchev–Trinajstić information content (AvgIpc) is 2.58. The third-order valence-electron chi connectivity index (χ3n) is 4.40. The van der Waals surface area contributed by atoms with Crippen LogP contribution in [0.1, 0.15) is 52.0 Å². The summed E-state index contributed by atoms with van der Waals surface area (Å²) in [5.41, 5.74) is -2.65. The van der Waals surface area contributed by atoms with Gasteiger partial charge < -0.3 is 14.8 Å². The SMILES string of the molecule is CC(C)(C)OC(=O)CO[C@H]1CC[C@H](Nc2ccc([N+](=O)[O-])c(C(F)(F)F)c2)CC1. The third kappa shape index (κ3) is 7.19. The molecule has 0 atom stereocenters. The number of hydrogen-bond donors (Lipinski definition) is 1. The minimum atomic E-state index is -4.81. The summed E-state index contributed by atoms with van der Waals surface area (Å²) < 4.78 is 50.0. The highest BCUT2D eigenvalue weighted by Gasteiger charge is 2.38. The van der Waals surface area contributed by atoms with Crippen LogP contribution in [0.3, 0.4) is 0 Å². The van der Waals surface area contributed by atoms with Gasteiger partial charge in [0.25, 0.3) is 5.69 Å². The quantitative estimate of drug-likeness (QED) is 0.409. The number of rotatable bonds is 6. The van der Waals surface area contributed by atoms with Crippen LogP contribution in [0.2, 0.25) is 0 Å². The molecule has 7 nitrogen and oxygen atoms in total. The minimum absolute atomic E-state index is 0.0843. The summed E-state index contributed by atoms with van der Waals surface area (Å²) in [4.78, 5) is 21.5. The summed E-state index contributed by atoms with van der Waals surface area (Å²) in [6, 6.07) is 2.82. The Hall–Kier alpha value is -2.36. The maximum atomic E-state index is 13.1. The number of anilines is 1. The van der Waals surface area contributed by atoms with Crippen LogP contribution < -0.4 is 5.32 Å². The van der Waals surface area contributed by atoms with Gasteiger partial charge in [-0.15, -0.1) is 0 Å². The molecule has 10 heteroatoms. The number of nitrogens with zero attached hydrogens (tertiary/aromatic N) is 1. The maximum Gasteiger partial charge on any atom is 0.423 e. The normalized spacial score (nSPS) is 20.2. The van der Waals surface area contributed by atoms with E-state index in [9.17, 15) is 28.1 Å². The lowest BCUT2D eigenvalue weighted by atomic mass is 9.92. The fourth-order valence-corrected chi connectivity index (χ4v) is 3.18. The molecule has 0 bridgehead atoms. The van der Waals surface area contributed by atoms with E-state index in [4.69, 9.17) is 9.47 Å². The molecule has 1 aliphatic carbocycles. The van der Waals surface area contributed by atoms with E-state index >= 15 is 0 Å². The average molecular weight is 418 g/mol. The van der Waals surface area contributed by atoms with Crippen molar-refractivity contribution >= 4 is 17.3 Å². The second-order valence-corrected chi connectivity index (χ2v) is 8.00. The molecule has 0 amide bonds. The van der Waals surface area contributed by atoms with Crippen LogP contribution >= 0.6 is 0 Å². The number of halogens is 3. The van der Waals surface area contributed by atoms with Crippen LogP contribution in [0.5, 0.6) is 0 Å². The fourth-order valence-electron chi connectivity index (χ4n) is 3.18. The Morgan fingerprint density at radius 3 is 2.34 bits per heavy atom. The van der Waals surface area contributed by atoms with E-state index in [1.807, 2.05) is 0 Å². The minimum Gasteiger partial charge on any atom is -0.458 e. The molecule has 0 heterocycles. The number of carbonyl (C=O) groups excluding carboxylic acids is 1. The largest absolute Gasteiger partial charge is 0.458 e. The van der Waals surface area contributed by atoms with Gasteiger partial charge in [0, 0.05) is 17.8 Å². The molecule has 0 spiro atoms. The van der Waals surface area contributed by atoms with Crippen molar-refractivity contribution in [3.8, 4) is 0 Å². The predicted octanol–water partition coefficient (Wildman–Crippen LogP) is 4.70. The monoisotopic (exact) mass is 418 g/mol. The molecular weight excluding hydrogens is 393 g/mol. The van der Waals surface area contributed by atoms with Crippen molar-refractivity contribution in [1.82, 2.24) is 0 Å². The molecule has 1 N–H and O–H groups in total. The van der Waals surface area contributed by atoms with E-state index in [1.165, 1.54) is 6.07 Å². The number of benzene rings is 1. The lowest BCUT2D eigenvalue weighted by molar-refractivity contribution is -0.388. The Bertz CT molecular complexity index is 738. The summed E-state index contributed by atoms with van der Waals surface area (Å²) in [5, 5.41) is 13.8. The molecule has 1 saturated carbocycles. The smallest absolute Gasteiger partial charge is 0.423 e. The number of carbonyl (C=O) groups is 1. The zero-order chi connectivity index (χ0) is 21.8. The van der Waals surface area contributed by atoms with Crippen molar-refractivity contribution in [2.45, 2.75) is 70.4 Å². The van der Waals surface area contributed by atoms with E-state index in [-0.39, 0.29) is 24.4 Å². The van der Waals surface area contributed by atoms with Crippen molar-refractivity contribution in [1.29, 1.82) is 0 Å². The highest BCUT2D eigenvalue weighted by atomic mass is 19.4.